The van der Waals surface area contributed by atoms with Gasteiger partial charge in [-0.1, -0.05) is 11.6 Å². The Labute approximate surface area is 149 Å². The lowest BCUT2D eigenvalue weighted by Gasteiger charge is -2.09. The number of carbonyl (C=O) groups is 3. The Hall–Kier alpha value is -2.18. The van der Waals surface area contributed by atoms with Gasteiger partial charge in [0.25, 0.3) is 0 Å². The van der Waals surface area contributed by atoms with Crippen LogP contribution in [0.2, 0.25) is 5.02 Å². The Morgan fingerprint density at radius 2 is 1.83 bits per heavy atom. The van der Waals surface area contributed by atoms with Gasteiger partial charge in [-0.25, -0.2) is 0 Å². The van der Waals surface area contributed by atoms with Crippen molar-refractivity contribution in [2.75, 3.05) is 10.6 Å². The number of anilines is 2. The van der Waals surface area contributed by atoms with Crippen LogP contribution in [0.4, 0.5) is 11.4 Å². The van der Waals surface area contributed by atoms with E-state index in [1.165, 1.54) is 18.3 Å². The fraction of sp³-hybridized carbons (Fsp3) is 0.235. The molecule has 0 bridgehead atoms. The summed E-state index contributed by atoms with van der Waals surface area (Å²) in [6, 6.07) is 8.46. The predicted octanol–water partition coefficient (Wildman–Crippen LogP) is 4.27. The quantitative estimate of drug-likeness (QED) is 0.751. The number of benzene rings is 1. The molecule has 2 aromatic rings. The molecule has 0 saturated carbocycles. The maximum Gasteiger partial charge on any atom is 0.224 e. The molecule has 0 aliphatic rings. The lowest BCUT2D eigenvalue weighted by Crippen LogP contribution is -2.13. The molecular formula is C17H17ClN2O3S. The number of Topliss-reactive ketones (excluding diaryl/α,β-unsaturated/α-hetero) is 1. The van der Waals surface area contributed by atoms with Crippen molar-refractivity contribution < 1.29 is 14.4 Å². The van der Waals surface area contributed by atoms with Crippen LogP contribution in [0.25, 0.3) is 0 Å². The lowest BCUT2D eigenvalue weighted by atomic mass is 10.2. The number of hydrogen-bond acceptors (Lipinski definition) is 4. The zero-order valence-corrected chi connectivity index (χ0v) is 14.9. The zero-order valence-electron chi connectivity index (χ0n) is 13.3. The van der Waals surface area contributed by atoms with Gasteiger partial charge in [-0.05, 0) is 37.3 Å². The van der Waals surface area contributed by atoms with E-state index in [-0.39, 0.29) is 30.4 Å². The smallest absolute Gasteiger partial charge is 0.224 e. The number of rotatable bonds is 6. The third kappa shape index (κ3) is 5.18. The van der Waals surface area contributed by atoms with E-state index in [0.717, 1.165) is 4.88 Å². The van der Waals surface area contributed by atoms with Crippen molar-refractivity contribution in [2.45, 2.75) is 26.7 Å². The van der Waals surface area contributed by atoms with Crippen LogP contribution in [-0.4, -0.2) is 17.6 Å². The van der Waals surface area contributed by atoms with Gasteiger partial charge in [0, 0.05) is 30.3 Å². The van der Waals surface area contributed by atoms with Crippen molar-refractivity contribution in [3.63, 3.8) is 0 Å². The van der Waals surface area contributed by atoms with Gasteiger partial charge in [0.05, 0.1) is 15.6 Å². The third-order valence-electron chi connectivity index (χ3n) is 3.16. The van der Waals surface area contributed by atoms with E-state index in [2.05, 4.69) is 10.6 Å². The van der Waals surface area contributed by atoms with Crippen LogP contribution in [-0.2, 0) is 9.59 Å². The molecule has 1 aromatic carbocycles. The van der Waals surface area contributed by atoms with Gasteiger partial charge < -0.3 is 10.6 Å². The first kappa shape index (κ1) is 18.2. The van der Waals surface area contributed by atoms with Crippen LogP contribution in [0.15, 0.2) is 30.3 Å². The molecule has 1 heterocycles. The van der Waals surface area contributed by atoms with Gasteiger partial charge >= 0.3 is 0 Å². The molecule has 1 aromatic heterocycles. The molecule has 2 amide bonds. The van der Waals surface area contributed by atoms with Gasteiger partial charge in [0.2, 0.25) is 11.8 Å². The van der Waals surface area contributed by atoms with Crippen LogP contribution < -0.4 is 10.6 Å². The summed E-state index contributed by atoms with van der Waals surface area (Å²) in [6.07, 6.45) is 0.254. The van der Waals surface area contributed by atoms with Crippen LogP contribution in [0.5, 0.6) is 0 Å². The van der Waals surface area contributed by atoms with Gasteiger partial charge in [-0.15, -0.1) is 11.3 Å². The molecule has 0 aliphatic carbocycles. The summed E-state index contributed by atoms with van der Waals surface area (Å²) < 4.78 is 0. The molecule has 0 radical (unpaired) electrons. The first-order chi connectivity index (χ1) is 11.3. The Kier molecular flexibility index (Phi) is 6.11. The predicted molar refractivity (Wildman–Crippen MR) is 97.0 cm³/mol. The fourth-order valence-electron chi connectivity index (χ4n) is 2.04. The summed E-state index contributed by atoms with van der Waals surface area (Å²) in [6.45, 7) is 3.32. The monoisotopic (exact) mass is 364 g/mol. The summed E-state index contributed by atoms with van der Waals surface area (Å²) in [5, 5.41) is 5.60. The minimum absolute atomic E-state index is 0.0395. The van der Waals surface area contributed by atoms with E-state index in [9.17, 15) is 14.4 Å². The number of nitrogens with one attached hydrogen (secondary N) is 2. The van der Waals surface area contributed by atoms with Crippen molar-refractivity contribution in [1.29, 1.82) is 0 Å². The second-order valence-electron chi connectivity index (χ2n) is 5.26. The molecule has 0 saturated heterocycles. The SMILES string of the molecule is CC(=O)Nc1ccc(NC(=O)CCC(=O)c2ccc(C)s2)cc1Cl. The van der Waals surface area contributed by atoms with Crippen molar-refractivity contribution in [2.24, 2.45) is 0 Å². The van der Waals surface area contributed by atoms with E-state index in [1.54, 1.807) is 24.3 Å². The minimum Gasteiger partial charge on any atom is -0.326 e. The Balaban J connectivity index is 1.89. The second kappa shape index (κ2) is 8.08. The summed E-state index contributed by atoms with van der Waals surface area (Å²) in [7, 11) is 0. The number of halogens is 1. The summed E-state index contributed by atoms with van der Waals surface area (Å²) in [4.78, 5) is 36.7. The Morgan fingerprint density at radius 1 is 1.08 bits per heavy atom. The van der Waals surface area contributed by atoms with Crippen molar-refractivity contribution in [1.82, 2.24) is 0 Å². The van der Waals surface area contributed by atoms with Crippen LogP contribution in [0.3, 0.4) is 0 Å². The number of ketones is 1. The largest absolute Gasteiger partial charge is 0.326 e. The molecule has 5 nitrogen and oxygen atoms in total. The third-order valence-corrected chi connectivity index (χ3v) is 4.51. The summed E-state index contributed by atoms with van der Waals surface area (Å²) in [5.41, 5.74) is 0.990. The zero-order chi connectivity index (χ0) is 17.7. The van der Waals surface area contributed by atoms with Gasteiger partial charge in [0.15, 0.2) is 5.78 Å². The average molecular weight is 365 g/mol. The highest BCUT2D eigenvalue weighted by Gasteiger charge is 2.12. The molecule has 0 atom stereocenters. The Morgan fingerprint density at radius 3 is 2.42 bits per heavy atom. The normalized spacial score (nSPS) is 10.3. The first-order valence-electron chi connectivity index (χ1n) is 7.32. The molecule has 2 N–H and O–H groups in total. The lowest BCUT2D eigenvalue weighted by molar-refractivity contribution is -0.116. The van der Waals surface area contributed by atoms with Crippen LogP contribution >= 0.6 is 22.9 Å². The van der Waals surface area contributed by atoms with Gasteiger partial charge in [-0.2, -0.15) is 0 Å². The van der Waals surface area contributed by atoms with Crippen molar-refractivity contribution >= 4 is 51.9 Å². The molecule has 7 heteroatoms. The number of aryl methyl sites for hydroxylation is 1. The molecule has 24 heavy (non-hydrogen) atoms. The Bertz CT molecular complexity index is 786. The summed E-state index contributed by atoms with van der Waals surface area (Å²) >= 11 is 7.47. The fourth-order valence-corrected chi connectivity index (χ4v) is 3.10. The van der Waals surface area contributed by atoms with E-state index >= 15 is 0 Å². The molecule has 0 aliphatic heterocycles. The van der Waals surface area contributed by atoms with Crippen molar-refractivity contribution in [3.8, 4) is 0 Å². The minimum atomic E-state index is -0.264. The number of amides is 2. The number of thiophene rings is 1. The van der Waals surface area contributed by atoms with Crippen LogP contribution in [0.1, 0.15) is 34.3 Å². The van der Waals surface area contributed by atoms with E-state index in [1.807, 2.05) is 13.0 Å². The highest BCUT2D eigenvalue weighted by Crippen LogP contribution is 2.25. The molecular weight excluding hydrogens is 348 g/mol. The first-order valence-corrected chi connectivity index (χ1v) is 8.51. The highest BCUT2D eigenvalue weighted by atomic mass is 35.5. The van der Waals surface area contributed by atoms with E-state index < -0.39 is 0 Å². The highest BCUT2D eigenvalue weighted by molar-refractivity contribution is 7.14. The molecule has 0 fully saturated rings. The van der Waals surface area contributed by atoms with E-state index in [0.29, 0.717) is 21.3 Å². The number of carbonyl (C=O) groups excluding carboxylic acids is 3. The molecule has 126 valence electrons. The standard InChI is InChI=1S/C17H17ClN2O3S/c1-10-3-7-16(24-10)15(22)6-8-17(23)20-12-4-5-14(13(18)9-12)19-11(2)21/h3-5,7,9H,6,8H2,1-2H3,(H,19,21)(H,20,23). The topological polar surface area (TPSA) is 75.3 Å². The van der Waals surface area contributed by atoms with E-state index in [4.69, 9.17) is 11.6 Å². The number of hydrogen-bond donors (Lipinski definition) is 2. The molecule has 0 spiro atoms. The maximum atomic E-state index is 12.0. The maximum absolute atomic E-state index is 12.0. The van der Waals surface area contributed by atoms with Gasteiger partial charge in [0.1, 0.15) is 0 Å². The second-order valence-corrected chi connectivity index (χ2v) is 6.95. The molecule has 0 unspecified atom stereocenters. The van der Waals surface area contributed by atoms with Crippen molar-refractivity contribution in [3.05, 3.63) is 45.1 Å². The van der Waals surface area contributed by atoms with Gasteiger partial charge in [-0.3, -0.25) is 14.4 Å². The molecule has 2 rings (SSSR count). The van der Waals surface area contributed by atoms with Crippen LogP contribution in [0, 0.1) is 6.92 Å². The average Bonchev–Trinajstić information content (AvgIpc) is 2.94. The summed E-state index contributed by atoms with van der Waals surface area (Å²) in [5.74, 6) is -0.529.